The van der Waals surface area contributed by atoms with Crippen molar-refractivity contribution in [2.24, 2.45) is 0 Å². The van der Waals surface area contributed by atoms with Gasteiger partial charge in [-0.25, -0.2) is 13.6 Å². The molecule has 1 aromatic rings. The first-order valence-electron chi connectivity index (χ1n) is 7.19. The largest absolute Gasteiger partial charge is 0.335 e. The molecule has 0 bridgehead atoms. The number of nitrogens with one attached hydrogen (secondary N) is 2. The molecule has 3 amide bonds. The summed E-state index contributed by atoms with van der Waals surface area (Å²) in [5, 5.41) is 4.32. The van der Waals surface area contributed by atoms with Crippen LogP contribution in [0.25, 0.3) is 0 Å². The van der Waals surface area contributed by atoms with Crippen molar-refractivity contribution in [1.29, 1.82) is 0 Å². The highest BCUT2D eigenvalue weighted by atomic mass is 32.2. The lowest BCUT2D eigenvalue weighted by molar-refractivity contribution is -0.119. The molecule has 2 N–H and O–H groups in total. The lowest BCUT2D eigenvalue weighted by Crippen LogP contribution is -2.45. The summed E-state index contributed by atoms with van der Waals surface area (Å²) in [5.41, 5.74) is 0. The van der Waals surface area contributed by atoms with Gasteiger partial charge in [0.1, 0.15) is 11.6 Å². The Morgan fingerprint density at radius 2 is 1.95 bits per heavy atom. The Morgan fingerprint density at radius 3 is 2.59 bits per heavy atom. The van der Waals surface area contributed by atoms with E-state index < -0.39 is 28.8 Å². The monoisotopic (exact) mass is 328 g/mol. The number of thioether (sulfide) groups is 1. The lowest BCUT2D eigenvalue weighted by Gasteiger charge is -2.15. The van der Waals surface area contributed by atoms with Gasteiger partial charge in [-0.05, 0) is 31.9 Å². The number of amides is 3. The maximum absolute atomic E-state index is 13.5. The normalized spacial score (nSPS) is 16.3. The van der Waals surface area contributed by atoms with Crippen LogP contribution in [0.15, 0.2) is 23.1 Å². The van der Waals surface area contributed by atoms with Crippen molar-refractivity contribution in [2.45, 2.75) is 48.8 Å². The van der Waals surface area contributed by atoms with Crippen LogP contribution < -0.4 is 10.6 Å². The van der Waals surface area contributed by atoms with Crippen molar-refractivity contribution >= 4 is 23.7 Å². The van der Waals surface area contributed by atoms with Crippen molar-refractivity contribution in [3.8, 4) is 0 Å². The fourth-order valence-corrected chi connectivity index (χ4v) is 3.18. The smallest absolute Gasteiger partial charge is 0.321 e. The third kappa shape index (κ3) is 4.69. The topological polar surface area (TPSA) is 58.2 Å². The Kier molecular flexibility index (Phi) is 5.76. The van der Waals surface area contributed by atoms with Crippen molar-refractivity contribution in [2.75, 3.05) is 0 Å². The average molecular weight is 328 g/mol. The number of rotatable bonds is 4. The first-order valence-corrected chi connectivity index (χ1v) is 8.06. The van der Waals surface area contributed by atoms with E-state index in [1.807, 2.05) is 0 Å². The summed E-state index contributed by atoms with van der Waals surface area (Å²) < 4.78 is 26.4. The predicted molar refractivity (Wildman–Crippen MR) is 80.6 cm³/mol. The van der Waals surface area contributed by atoms with E-state index in [0.29, 0.717) is 0 Å². The van der Waals surface area contributed by atoms with Gasteiger partial charge in [-0.1, -0.05) is 12.8 Å². The fraction of sp³-hybridized carbons (Fsp3) is 0.467. The molecule has 1 unspecified atom stereocenters. The molecule has 0 spiro atoms. The molecular formula is C15H18F2N2O2S. The van der Waals surface area contributed by atoms with E-state index in [1.54, 1.807) is 6.92 Å². The van der Waals surface area contributed by atoms with Gasteiger partial charge >= 0.3 is 6.03 Å². The quantitative estimate of drug-likeness (QED) is 0.835. The van der Waals surface area contributed by atoms with Gasteiger partial charge in [0.05, 0.1) is 5.25 Å². The number of urea groups is 1. The summed E-state index contributed by atoms with van der Waals surface area (Å²) in [7, 11) is 0. The molecule has 1 aromatic carbocycles. The van der Waals surface area contributed by atoms with Crippen LogP contribution in [0, 0.1) is 11.6 Å². The molecule has 0 aliphatic heterocycles. The molecule has 120 valence electrons. The molecule has 1 aliphatic carbocycles. The van der Waals surface area contributed by atoms with Crippen LogP contribution in [0.3, 0.4) is 0 Å². The highest BCUT2D eigenvalue weighted by Gasteiger charge is 2.21. The molecule has 0 aromatic heterocycles. The molecule has 0 radical (unpaired) electrons. The zero-order valence-corrected chi connectivity index (χ0v) is 13.0. The Hall–Kier alpha value is -1.63. The van der Waals surface area contributed by atoms with Gasteiger partial charge in [0, 0.05) is 17.0 Å². The Labute approximate surface area is 132 Å². The van der Waals surface area contributed by atoms with Gasteiger partial charge in [-0.2, -0.15) is 0 Å². The highest BCUT2D eigenvalue weighted by Crippen LogP contribution is 2.26. The number of benzene rings is 1. The summed E-state index contributed by atoms with van der Waals surface area (Å²) in [6.45, 7) is 1.56. The van der Waals surface area contributed by atoms with Crippen LogP contribution >= 0.6 is 11.8 Å². The molecule has 1 saturated carbocycles. The summed E-state index contributed by atoms with van der Waals surface area (Å²) in [6, 6.07) is 2.76. The fourth-order valence-electron chi connectivity index (χ4n) is 2.32. The van der Waals surface area contributed by atoms with Crippen molar-refractivity contribution in [3.05, 3.63) is 29.8 Å². The lowest BCUT2D eigenvalue weighted by atomic mass is 10.2. The molecule has 4 nitrogen and oxygen atoms in total. The van der Waals surface area contributed by atoms with Crippen molar-refractivity contribution in [1.82, 2.24) is 10.6 Å². The zero-order chi connectivity index (χ0) is 16.1. The van der Waals surface area contributed by atoms with Crippen LogP contribution in [0.4, 0.5) is 13.6 Å². The number of carbonyl (C=O) groups is 2. The van der Waals surface area contributed by atoms with Crippen molar-refractivity contribution < 1.29 is 18.4 Å². The van der Waals surface area contributed by atoms with E-state index >= 15 is 0 Å². The van der Waals surface area contributed by atoms with Crippen LogP contribution in [-0.2, 0) is 4.79 Å². The molecule has 1 fully saturated rings. The minimum atomic E-state index is -0.722. The van der Waals surface area contributed by atoms with Gasteiger partial charge in [0.15, 0.2) is 0 Å². The van der Waals surface area contributed by atoms with Crippen LogP contribution in [0.2, 0.25) is 0 Å². The van der Waals surface area contributed by atoms with E-state index in [4.69, 9.17) is 0 Å². The third-order valence-electron chi connectivity index (χ3n) is 3.49. The van der Waals surface area contributed by atoms with Gasteiger partial charge in [0.2, 0.25) is 5.91 Å². The second-order valence-electron chi connectivity index (χ2n) is 5.28. The SMILES string of the molecule is CC(Sc1ccc(F)cc1F)C(=O)NC(=O)NC1CCCC1. The zero-order valence-electron chi connectivity index (χ0n) is 12.2. The standard InChI is InChI=1S/C15H18F2N2O2S/c1-9(22-13-7-6-10(16)8-12(13)17)14(20)19-15(21)18-11-4-2-3-5-11/h6-9,11H,2-5H2,1H3,(H2,18,19,20,21). The second-order valence-corrected chi connectivity index (χ2v) is 6.66. The Morgan fingerprint density at radius 1 is 1.27 bits per heavy atom. The maximum atomic E-state index is 13.5. The first-order chi connectivity index (χ1) is 10.5. The first kappa shape index (κ1) is 16.7. The number of carbonyl (C=O) groups excluding carboxylic acids is 2. The van der Waals surface area contributed by atoms with Gasteiger partial charge in [-0.15, -0.1) is 11.8 Å². The summed E-state index contributed by atoms with van der Waals surface area (Å²) in [5.74, 6) is -1.90. The summed E-state index contributed by atoms with van der Waals surface area (Å²) in [4.78, 5) is 23.8. The molecule has 7 heteroatoms. The third-order valence-corrected chi connectivity index (χ3v) is 4.65. The summed E-state index contributed by atoms with van der Waals surface area (Å²) >= 11 is 0.938. The Balaban J connectivity index is 1.84. The molecule has 22 heavy (non-hydrogen) atoms. The van der Waals surface area contributed by atoms with Crippen molar-refractivity contribution in [3.63, 3.8) is 0 Å². The minimum absolute atomic E-state index is 0.116. The molecule has 1 atom stereocenters. The predicted octanol–water partition coefficient (Wildman–Crippen LogP) is 3.21. The van der Waals surface area contributed by atoms with Crippen LogP contribution in [0.5, 0.6) is 0 Å². The van der Waals surface area contributed by atoms with E-state index in [1.165, 1.54) is 6.07 Å². The van der Waals surface area contributed by atoms with Crippen LogP contribution in [0.1, 0.15) is 32.6 Å². The average Bonchev–Trinajstić information content (AvgIpc) is 2.94. The molecule has 1 aliphatic rings. The van der Waals surface area contributed by atoms with E-state index in [2.05, 4.69) is 10.6 Å². The molecule has 2 rings (SSSR count). The minimum Gasteiger partial charge on any atom is -0.335 e. The van der Waals surface area contributed by atoms with E-state index in [-0.39, 0.29) is 10.9 Å². The second kappa shape index (κ2) is 7.58. The van der Waals surface area contributed by atoms with E-state index in [0.717, 1.165) is 49.6 Å². The molecular weight excluding hydrogens is 310 g/mol. The van der Waals surface area contributed by atoms with Gasteiger partial charge < -0.3 is 5.32 Å². The van der Waals surface area contributed by atoms with Gasteiger partial charge in [-0.3, -0.25) is 10.1 Å². The van der Waals surface area contributed by atoms with E-state index in [9.17, 15) is 18.4 Å². The summed E-state index contributed by atoms with van der Waals surface area (Å²) in [6.07, 6.45) is 4.00. The van der Waals surface area contributed by atoms with Crippen LogP contribution in [-0.4, -0.2) is 23.2 Å². The number of halogens is 2. The maximum Gasteiger partial charge on any atom is 0.321 e. The Bertz CT molecular complexity index is 562. The number of imide groups is 1. The number of hydrogen-bond acceptors (Lipinski definition) is 3. The highest BCUT2D eigenvalue weighted by molar-refractivity contribution is 8.00. The molecule has 0 heterocycles. The number of hydrogen-bond donors (Lipinski definition) is 2. The molecule has 0 saturated heterocycles. The van der Waals surface area contributed by atoms with Gasteiger partial charge in [0.25, 0.3) is 0 Å².